The molecule has 0 fully saturated rings. The Bertz CT molecular complexity index is 352. The van der Waals surface area contributed by atoms with Gasteiger partial charge in [-0.25, -0.2) is 0 Å². The summed E-state index contributed by atoms with van der Waals surface area (Å²) in [5.41, 5.74) is 0.942. The van der Waals surface area contributed by atoms with E-state index in [-0.39, 0.29) is 6.54 Å². The van der Waals surface area contributed by atoms with Crippen LogP contribution in [0.4, 0.5) is 13.2 Å². The van der Waals surface area contributed by atoms with Crippen molar-refractivity contribution in [2.45, 2.75) is 19.1 Å². The first kappa shape index (κ1) is 14.0. The van der Waals surface area contributed by atoms with Gasteiger partial charge in [0.15, 0.2) is 0 Å². The fourth-order valence-corrected chi connectivity index (χ4v) is 1.79. The zero-order valence-corrected chi connectivity index (χ0v) is 11.4. The van der Waals surface area contributed by atoms with Crippen molar-refractivity contribution in [3.05, 3.63) is 32.7 Å². The highest BCUT2D eigenvalue weighted by molar-refractivity contribution is 9.13. The van der Waals surface area contributed by atoms with Crippen molar-refractivity contribution in [2.24, 2.45) is 0 Å². The fourth-order valence-electron chi connectivity index (χ4n) is 1.11. The van der Waals surface area contributed by atoms with E-state index < -0.39 is 12.6 Å². The maximum absolute atomic E-state index is 11.8. The molecule has 0 unspecified atom stereocenters. The molecule has 1 rings (SSSR count). The van der Waals surface area contributed by atoms with E-state index in [4.69, 9.17) is 0 Å². The van der Waals surface area contributed by atoms with E-state index in [9.17, 15) is 13.2 Å². The zero-order valence-electron chi connectivity index (χ0n) is 8.24. The Kier molecular flexibility index (Phi) is 5.27. The molecule has 0 amide bonds. The molecule has 6 heteroatoms. The number of rotatable bonds is 4. The van der Waals surface area contributed by atoms with Crippen LogP contribution in [-0.2, 0) is 6.54 Å². The van der Waals surface area contributed by atoms with E-state index in [2.05, 4.69) is 37.2 Å². The highest BCUT2D eigenvalue weighted by Crippen LogP contribution is 2.23. The van der Waals surface area contributed by atoms with Crippen LogP contribution in [0.2, 0.25) is 0 Å². The van der Waals surface area contributed by atoms with Crippen molar-refractivity contribution in [1.29, 1.82) is 0 Å². The lowest BCUT2D eigenvalue weighted by Gasteiger charge is -2.08. The van der Waals surface area contributed by atoms with Gasteiger partial charge in [-0.15, -0.1) is 0 Å². The second kappa shape index (κ2) is 6.02. The number of hydrogen-bond donors (Lipinski definition) is 1. The Morgan fingerprint density at radius 2 is 1.81 bits per heavy atom. The second-order valence-corrected chi connectivity index (χ2v) is 5.00. The Hall–Kier alpha value is -0.0700. The third-order valence-corrected chi connectivity index (χ3v) is 3.78. The molecule has 1 aromatic rings. The standard InChI is InChI=1S/C10H10Br2F3N/c11-8-2-1-7(5-9(8)12)6-16-4-3-10(13,14)15/h1-2,5,16H,3-4,6H2. The molecule has 16 heavy (non-hydrogen) atoms. The molecule has 1 N–H and O–H groups in total. The van der Waals surface area contributed by atoms with Crippen molar-refractivity contribution in [3.63, 3.8) is 0 Å². The smallest absolute Gasteiger partial charge is 0.312 e. The molecule has 0 aliphatic heterocycles. The first-order valence-electron chi connectivity index (χ1n) is 4.60. The van der Waals surface area contributed by atoms with Crippen LogP contribution in [0, 0.1) is 0 Å². The number of benzene rings is 1. The Balaban J connectivity index is 2.35. The summed E-state index contributed by atoms with van der Waals surface area (Å²) in [6.07, 6.45) is -4.89. The topological polar surface area (TPSA) is 12.0 Å². The van der Waals surface area contributed by atoms with E-state index in [0.717, 1.165) is 14.5 Å². The van der Waals surface area contributed by atoms with Crippen LogP contribution in [0.1, 0.15) is 12.0 Å². The van der Waals surface area contributed by atoms with Crippen molar-refractivity contribution < 1.29 is 13.2 Å². The number of hydrogen-bond acceptors (Lipinski definition) is 1. The molecule has 0 spiro atoms. The van der Waals surface area contributed by atoms with Gasteiger partial charge in [-0.2, -0.15) is 13.2 Å². The van der Waals surface area contributed by atoms with Crippen molar-refractivity contribution in [1.82, 2.24) is 5.32 Å². The van der Waals surface area contributed by atoms with Gasteiger partial charge in [-0.1, -0.05) is 6.07 Å². The molecular formula is C10H10Br2F3N. The fraction of sp³-hybridized carbons (Fsp3) is 0.400. The molecular weight excluding hydrogens is 351 g/mol. The monoisotopic (exact) mass is 359 g/mol. The van der Waals surface area contributed by atoms with E-state index in [1.165, 1.54) is 0 Å². The van der Waals surface area contributed by atoms with Crippen molar-refractivity contribution in [2.75, 3.05) is 6.54 Å². The lowest BCUT2D eigenvalue weighted by Crippen LogP contribution is -2.21. The number of nitrogens with one attached hydrogen (secondary N) is 1. The molecule has 0 atom stereocenters. The first-order chi connectivity index (χ1) is 7.38. The summed E-state index contributed by atoms with van der Waals surface area (Å²) in [5.74, 6) is 0. The Morgan fingerprint density at radius 1 is 1.12 bits per heavy atom. The van der Waals surface area contributed by atoms with E-state index in [1.54, 1.807) is 0 Å². The first-order valence-corrected chi connectivity index (χ1v) is 6.18. The molecule has 0 aliphatic rings. The average molecular weight is 361 g/mol. The molecule has 0 radical (unpaired) electrons. The van der Waals surface area contributed by atoms with Gasteiger partial charge < -0.3 is 5.32 Å². The van der Waals surface area contributed by atoms with Gasteiger partial charge in [-0.3, -0.25) is 0 Å². The highest BCUT2D eigenvalue weighted by atomic mass is 79.9. The van der Waals surface area contributed by atoms with Gasteiger partial charge in [-0.05, 0) is 49.6 Å². The molecule has 90 valence electrons. The largest absolute Gasteiger partial charge is 0.390 e. The van der Waals surface area contributed by atoms with Crippen molar-refractivity contribution >= 4 is 31.9 Å². The van der Waals surface area contributed by atoms with Crippen LogP contribution in [-0.4, -0.2) is 12.7 Å². The molecule has 0 heterocycles. The van der Waals surface area contributed by atoms with Crippen molar-refractivity contribution in [3.8, 4) is 0 Å². The van der Waals surface area contributed by atoms with Gasteiger partial charge in [0, 0.05) is 22.0 Å². The summed E-state index contributed by atoms with van der Waals surface area (Å²) in [4.78, 5) is 0. The minimum atomic E-state index is -4.09. The quantitative estimate of drug-likeness (QED) is 0.791. The summed E-state index contributed by atoms with van der Waals surface area (Å²) in [5, 5.41) is 2.75. The molecule has 0 saturated heterocycles. The molecule has 0 aromatic heterocycles. The number of halogens is 5. The summed E-state index contributed by atoms with van der Waals surface area (Å²) < 4.78 is 37.3. The molecule has 1 aromatic carbocycles. The number of alkyl halides is 3. The highest BCUT2D eigenvalue weighted by Gasteiger charge is 2.25. The van der Waals surface area contributed by atoms with Crippen LogP contribution < -0.4 is 5.32 Å². The average Bonchev–Trinajstić information content (AvgIpc) is 2.17. The van der Waals surface area contributed by atoms with Gasteiger partial charge in [0.2, 0.25) is 0 Å². The van der Waals surface area contributed by atoms with Crippen LogP contribution >= 0.6 is 31.9 Å². The van der Waals surface area contributed by atoms with E-state index >= 15 is 0 Å². The molecule has 0 bridgehead atoms. The maximum atomic E-state index is 11.8. The molecule has 1 nitrogen and oxygen atoms in total. The predicted octanol–water partition coefficient (Wildman–Crippen LogP) is 4.25. The Morgan fingerprint density at radius 3 is 2.38 bits per heavy atom. The van der Waals surface area contributed by atoms with E-state index in [1.807, 2.05) is 18.2 Å². The minimum absolute atomic E-state index is 0.0584. The Labute approximate surface area is 109 Å². The van der Waals surface area contributed by atoms with Crippen LogP contribution in [0.25, 0.3) is 0 Å². The lowest BCUT2D eigenvalue weighted by molar-refractivity contribution is -0.133. The SMILES string of the molecule is FC(F)(F)CCNCc1ccc(Br)c(Br)c1. The van der Waals surface area contributed by atoms with Gasteiger partial charge in [0.05, 0.1) is 6.42 Å². The maximum Gasteiger partial charge on any atom is 0.390 e. The van der Waals surface area contributed by atoms with Crippen LogP contribution in [0.3, 0.4) is 0 Å². The van der Waals surface area contributed by atoms with Gasteiger partial charge >= 0.3 is 6.18 Å². The second-order valence-electron chi connectivity index (χ2n) is 3.29. The van der Waals surface area contributed by atoms with Gasteiger partial charge in [0.25, 0.3) is 0 Å². The lowest BCUT2D eigenvalue weighted by atomic mass is 10.2. The predicted molar refractivity (Wildman–Crippen MR) is 64.2 cm³/mol. The summed E-state index contributed by atoms with van der Waals surface area (Å²) in [6, 6.07) is 5.57. The van der Waals surface area contributed by atoms with Gasteiger partial charge in [0.1, 0.15) is 0 Å². The summed E-state index contributed by atoms with van der Waals surface area (Å²) in [6.45, 7) is 0.374. The third-order valence-electron chi connectivity index (χ3n) is 1.90. The zero-order chi connectivity index (χ0) is 12.2. The molecule has 0 saturated carbocycles. The third kappa shape index (κ3) is 5.32. The summed E-state index contributed by atoms with van der Waals surface area (Å²) >= 11 is 6.65. The van der Waals surface area contributed by atoms with Crippen LogP contribution in [0.15, 0.2) is 27.1 Å². The minimum Gasteiger partial charge on any atom is -0.312 e. The summed E-state index contributed by atoms with van der Waals surface area (Å²) in [7, 11) is 0. The van der Waals surface area contributed by atoms with E-state index in [0.29, 0.717) is 6.54 Å². The van der Waals surface area contributed by atoms with Crippen LogP contribution in [0.5, 0.6) is 0 Å². The normalized spacial score (nSPS) is 11.8. The molecule has 0 aliphatic carbocycles.